The molecule has 0 fully saturated rings. The van der Waals surface area contributed by atoms with Crippen molar-refractivity contribution in [2.45, 2.75) is 13.3 Å². The minimum atomic E-state index is 0.0405. The minimum Gasteiger partial charge on any atom is -0.372 e. The smallest absolute Gasteiger partial charge is 0.257 e. The largest absolute Gasteiger partial charge is 0.372 e. The Morgan fingerprint density at radius 1 is 1.37 bits per heavy atom. The second kappa shape index (κ2) is 7.74. The van der Waals surface area contributed by atoms with E-state index in [2.05, 4.69) is 15.2 Å². The van der Waals surface area contributed by atoms with Gasteiger partial charge in [-0.05, 0) is 46.1 Å². The summed E-state index contributed by atoms with van der Waals surface area (Å²) in [6.07, 6.45) is 2.66. The average Bonchev–Trinajstić information content (AvgIpc) is 2.42. The van der Waals surface area contributed by atoms with Crippen LogP contribution in [0.1, 0.15) is 23.7 Å². The van der Waals surface area contributed by atoms with E-state index >= 15 is 0 Å². The Morgan fingerprint density at radius 3 is 2.68 bits per heavy atom. The summed E-state index contributed by atoms with van der Waals surface area (Å²) in [6, 6.07) is 3.61. The van der Waals surface area contributed by atoms with Crippen molar-refractivity contribution < 1.29 is 4.79 Å². The molecule has 1 amide bonds. The third-order valence-electron chi connectivity index (χ3n) is 2.98. The molecular weight excluding hydrogens is 240 g/mol. The van der Waals surface area contributed by atoms with E-state index in [0.717, 1.165) is 19.5 Å². The van der Waals surface area contributed by atoms with Crippen molar-refractivity contribution in [3.8, 4) is 0 Å². The van der Waals surface area contributed by atoms with Crippen molar-refractivity contribution in [3.63, 3.8) is 0 Å². The molecule has 0 aliphatic carbocycles. The number of hydrogen-bond donors (Lipinski definition) is 1. The predicted molar refractivity (Wildman–Crippen MR) is 78.5 cm³/mol. The van der Waals surface area contributed by atoms with Gasteiger partial charge in [0.15, 0.2) is 0 Å². The topological polar surface area (TPSA) is 48.5 Å². The van der Waals surface area contributed by atoms with Crippen LogP contribution >= 0.6 is 0 Å². The van der Waals surface area contributed by atoms with Gasteiger partial charge < -0.3 is 15.1 Å². The van der Waals surface area contributed by atoms with Crippen molar-refractivity contribution in [3.05, 3.63) is 23.9 Å². The second-order valence-corrected chi connectivity index (χ2v) is 4.69. The molecule has 0 aromatic carbocycles. The minimum absolute atomic E-state index is 0.0405. The van der Waals surface area contributed by atoms with Gasteiger partial charge in [0, 0.05) is 26.3 Å². The van der Waals surface area contributed by atoms with Gasteiger partial charge in [-0.15, -0.1) is 0 Å². The van der Waals surface area contributed by atoms with Crippen LogP contribution in [0.25, 0.3) is 0 Å². The molecule has 0 atom stereocenters. The maximum atomic E-state index is 12.5. The summed E-state index contributed by atoms with van der Waals surface area (Å²) in [5.74, 6) is 0.678. The highest BCUT2D eigenvalue weighted by atomic mass is 16.2. The average molecular weight is 264 g/mol. The molecule has 1 N–H and O–H groups in total. The molecule has 0 saturated carbocycles. The molecule has 5 heteroatoms. The Morgan fingerprint density at radius 2 is 2.11 bits per heavy atom. The van der Waals surface area contributed by atoms with Gasteiger partial charge in [-0.3, -0.25) is 4.79 Å². The first-order chi connectivity index (χ1) is 9.10. The van der Waals surface area contributed by atoms with Crippen molar-refractivity contribution in [1.29, 1.82) is 0 Å². The Hall–Kier alpha value is -1.62. The fourth-order valence-corrected chi connectivity index (χ4v) is 1.93. The van der Waals surface area contributed by atoms with E-state index in [4.69, 9.17) is 0 Å². The lowest BCUT2D eigenvalue weighted by Crippen LogP contribution is -2.33. The molecule has 5 nitrogen and oxygen atoms in total. The van der Waals surface area contributed by atoms with E-state index in [0.29, 0.717) is 17.9 Å². The number of amides is 1. The van der Waals surface area contributed by atoms with Crippen molar-refractivity contribution in [2.24, 2.45) is 0 Å². The molecule has 1 aromatic heterocycles. The molecule has 0 aliphatic heterocycles. The quantitative estimate of drug-likeness (QED) is 0.811. The third kappa shape index (κ3) is 4.52. The molecule has 1 heterocycles. The zero-order chi connectivity index (χ0) is 14.3. The van der Waals surface area contributed by atoms with Crippen molar-refractivity contribution >= 4 is 11.7 Å². The van der Waals surface area contributed by atoms with Gasteiger partial charge in [0.2, 0.25) is 0 Å². The Balaban J connectivity index is 2.72. The highest BCUT2D eigenvalue weighted by Crippen LogP contribution is 2.13. The van der Waals surface area contributed by atoms with Crippen LogP contribution in [0.5, 0.6) is 0 Å². The maximum Gasteiger partial charge on any atom is 0.257 e. The van der Waals surface area contributed by atoms with Gasteiger partial charge >= 0.3 is 0 Å². The SMILES string of the molecule is CCN(CCCN(C)C)C(=O)c1cccnc1NC. The van der Waals surface area contributed by atoms with Crippen LogP contribution in [0.15, 0.2) is 18.3 Å². The van der Waals surface area contributed by atoms with Gasteiger partial charge in [0.25, 0.3) is 5.91 Å². The maximum absolute atomic E-state index is 12.5. The highest BCUT2D eigenvalue weighted by molar-refractivity contribution is 5.98. The lowest BCUT2D eigenvalue weighted by Gasteiger charge is -2.22. The number of pyridine rings is 1. The Kier molecular flexibility index (Phi) is 6.29. The van der Waals surface area contributed by atoms with Gasteiger partial charge in [0.05, 0.1) is 5.56 Å². The fourth-order valence-electron chi connectivity index (χ4n) is 1.93. The molecule has 1 aromatic rings. The van der Waals surface area contributed by atoms with Crippen LogP contribution in [0.4, 0.5) is 5.82 Å². The lowest BCUT2D eigenvalue weighted by molar-refractivity contribution is 0.0760. The molecule has 0 radical (unpaired) electrons. The number of nitrogens with one attached hydrogen (secondary N) is 1. The summed E-state index contributed by atoms with van der Waals surface area (Å²) < 4.78 is 0. The summed E-state index contributed by atoms with van der Waals surface area (Å²) in [5.41, 5.74) is 0.636. The summed E-state index contributed by atoms with van der Waals surface area (Å²) >= 11 is 0. The fraction of sp³-hybridized carbons (Fsp3) is 0.571. The highest BCUT2D eigenvalue weighted by Gasteiger charge is 2.17. The van der Waals surface area contributed by atoms with Crippen molar-refractivity contribution in [1.82, 2.24) is 14.8 Å². The van der Waals surface area contributed by atoms with Gasteiger partial charge in [-0.1, -0.05) is 0 Å². The monoisotopic (exact) mass is 264 g/mol. The first-order valence-corrected chi connectivity index (χ1v) is 6.67. The number of aromatic nitrogens is 1. The van der Waals surface area contributed by atoms with Crippen LogP contribution < -0.4 is 5.32 Å². The number of carbonyl (C=O) groups is 1. The van der Waals surface area contributed by atoms with E-state index in [1.807, 2.05) is 32.0 Å². The van der Waals surface area contributed by atoms with Gasteiger partial charge in [0.1, 0.15) is 5.82 Å². The van der Waals surface area contributed by atoms with E-state index in [-0.39, 0.29) is 5.91 Å². The normalized spacial score (nSPS) is 10.6. The molecule has 0 bridgehead atoms. The van der Waals surface area contributed by atoms with E-state index in [1.165, 1.54) is 0 Å². The number of anilines is 1. The summed E-state index contributed by atoms with van der Waals surface area (Å²) in [5, 5.41) is 2.96. The van der Waals surface area contributed by atoms with Gasteiger partial charge in [-0.2, -0.15) is 0 Å². The summed E-state index contributed by atoms with van der Waals surface area (Å²) in [7, 11) is 5.86. The third-order valence-corrected chi connectivity index (χ3v) is 2.98. The zero-order valence-corrected chi connectivity index (χ0v) is 12.3. The summed E-state index contributed by atoms with van der Waals surface area (Å²) in [4.78, 5) is 20.6. The lowest BCUT2D eigenvalue weighted by atomic mass is 10.2. The number of nitrogens with zero attached hydrogens (tertiary/aromatic N) is 3. The zero-order valence-electron chi connectivity index (χ0n) is 12.3. The van der Waals surface area contributed by atoms with Crippen LogP contribution in [-0.4, -0.2) is 61.5 Å². The number of hydrogen-bond acceptors (Lipinski definition) is 4. The predicted octanol–water partition coefficient (Wildman–Crippen LogP) is 1.54. The number of rotatable bonds is 7. The molecule has 19 heavy (non-hydrogen) atoms. The first kappa shape index (κ1) is 15.4. The Labute approximate surface area is 115 Å². The standard InChI is InChI=1S/C14H24N4O/c1-5-18(11-7-10-17(3)4)14(19)12-8-6-9-16-13(12)15-2/h6,8-9H,5,7,10-11H2,1-4H3,(H,15,16). The van der Waals surface area contributed by atoms with Crippen LogP contribution in [-0.2, 0) is 0 Å². The second-order valence-electron chi connectivity index (χ2n) is 4.69. The molecule has 0 aliphatic rings. The number of carbonyl (C=O) groups excluding carboxylic acids is 1. The van der Waals surface area contributed by atoms with Crippen LogP contribution in [0, 0.1) is 0 Å². The van der Waals surface area contributed by atoms with Crippen LogP contribution in [0.2, 0.25) is 0 Å². The molecule has 106 valence electrons. The van der Waals surface area contributed by atoms with Crippen molar-refractivity contribution in [2.75, 3.05) is 46.1 Å². The Bertz CT molecular complexity index is 406. The van der Waals surface area contributed by atoms with E-state index in [1.54, 1.807) is 19.3 Å². The van der Waals surface area contributed by atoms with Crippen LogP contribution in [0.3, 0.4) is 0 Å². The van der Waals surface area contributed by atoms with Gasteiger partial charge in [-0.25, -0.2) is 4.98 Å². The first-order valence-electron chi connectivity index (χ1n) is 6.67. The molecule has 0 unspecified atom stereocenters. The molecule has 0 spiro atoms. The molecular formula is C14H24N4O. The van der Waals surface area contributed by atoms with E-state index < -0.39 is 0 Å². The molecule has 1 rings (SSSR count). The molecule has 0 saturated heterocycles. The summed E-state index contributed by atoms with van der Waals surface area (Å²) in [6.45, 7) is 4.47. The van der Waals surface area contributed by atoms with E-state index in [9.17, 15) is 4.79 Å².